The molecule has 2 aliphatic carbocycles. The molecular formula is C12H14O3. The summed E-state index contributed by atoms with van der Waals surface area (Å²) >= 11 is 0. The van der Waals surface area contributed by atoms with Crippen LogP contribution in [0.2, 0.25) is 0 Å². The predicted octanol–water partition coefficient (Wildman–Crippen LogP) is 2.11. The largest absolute Gasteiger partial charge is 0.481 e. The van der Waals surface area contributed by atoms with E-state index in [1.54, 1.807) is 6.26 Å². The van der Waals surface area contributed by atoms with E-state index >= 15 is 0 Å². The molecule has 0 aromatic carbocycles. The Bertz CT molecular complexity index is 393. The third kappa shape index (κ3) is 1.37. The first-order chi connectivity index (χ1) is 7.27. The van der Waals surface area contributed by atoms with E-state index in [4.69, 9.17) is 9.52 Å². The lowest BCUT2D eigenvalue weighted by Crippen LogP contribution is -2.01. The van der Waals surface area contributed by atoms with Crippen LogP contribution in [0, 0.1) is 17.8 Å². The van der Waals surface area contributed by atoms with Gasteiger partial charge in [-0.3, -0.25) is 4.79 Å². The van der Waals surface area contributed by atoms with Gasteiger partial charge in [-0.15, -0.1) is 0 Å². The van der Waals surface area contributed by atoms with Gasteiger partial charge in [-0.05, 0) is 42.7 Å². The van der Waals surface area contributed by atoms with Crippen molar-refractivity contribution in [1.29, 1.82) is 0 Å². The van der Waals surface area contributed by atoms with Gasteiger partial charge in [0.05, 0.1) is 12.2 Å². The highest BCUT2D eigenvalue weighted by molar-refractivity contribution is 5.74. The molecule has 2 aliphatic rings. The number of aliphatic carboxylic acids is 1. The van der Waals surface area contributed by atoms with E-state index in [2.05, 4.69) is 0 Å². The Morgan fingerprint density at radius 1 is 1.47 bits per heavy atom. The Morgan fingerprint density at radius 3 is 3.13 bits per heavy atom. The molecular weight excluding hydrogens is 192 g/mol. The maximum Gasteiger partial charge on any atom is 0.307 e. The van der Waals surface area contributed by atoms with Gasteiger partial charge in [-0.2, -0.15) is 0 Å². The summed E-state index contributed by atoms with van der Waals surface area (Å²) in [4.78, 5) is 11.0. The van der Waals surface area contributed by atoms with Gasteiger partial charge in [0.1, 0.15) is 5.76 Å². The van der Waals surface area contributed by atoms with E-state index < -0.39 is 5.97 Å². The lowest BCUT2D eigenvalue weighted by molar-refractivity contribution is -0.139. The number of fused-ring (bicyclic) bond motifs is 2. The first kappa shape index (κ1) is 9.01. The molecule has 0 bridgehead atoms. The fourth-order valence-corrected chi connectivity index (χ4v) is 3.00. The molecule has 0 unspecified atom stereocenters. The molecule has 15 heavy (non-hydrogen) atoms. The second-order valence-electron chi connectivity index (χ2n) is 4.66. The van der Waals surface area contributed by atoms with Crippen molar-refractivity contribution in [2.75, 3.05) is 0 Å². The Morgan fingerprint density at radius 2 is 2.33 bits per heavy atom. The number of hydrogen-bond acceptors (Lipinski definition) is 2. The number of furan rings is 1. The Balaban J connectivity index is 1.84. The summed E-state index contributed by atoms with van der Waals surface area (Å²) in [6, 6.07) is 1.99. The topological polar surface area (TPSA) is 50.4 Å². The number of hydrogen-bond donors (Lipinski definition) is 1. The Kier molecular flexibility index (Phi) is 1.87. The molecule has 3 heteroatoms. The van der Waals surface area contributed by atoms with Crippen molar-refractivity contribution in [2.24, 2.45) is 17.8 Å². The average molecular weight is 206 g/mol. The highest BCUT2D eigenvalue weighted by Crippen LogP contribution is 2.52. The maximum atomic E-state index is 11.0. The Labute approximate surface area is 88.1 Å². The summed E-state index contributed by atoms with van der Waals surface area (Å²) in [6.07, 6.45) is 5.70. The molecule has 1 aromatic heterocycles. The normalized spacial score (nSPS) is 33.5. The summed E-state index contributed by atoms with van der Waals surface area (Å²) in [7, 11) is 0. The van der Waals surface area contributed by atoms with Crippen LogP contribution in [0.1, 0.15) is 24.2 Å². The van der Waals surface area contributed by atoms with Crippen LogP contribution < -0.4 is 0 Å². The first-order valence-corrected chi connectivity index (χ1v) is 5.55. The zero-order chi connectivity index (χ0) is 10.4. The fourth-order valence-electron chi connectivity index (χ4n) is 3.00. The molecule has 0 radical (unpaired) electrons. The molecule has 1 heterocycles. The van der Waals surface area contributed by atoms with E-state index in [0.29, 0.717) is 11.8 Å². The minimum atomic E-state index is -0.614. The molecule has 1 saturated carbocycles. The van der Waals surface area contributed by atoms with Crippen LogP contribution in [0.15, 0.2) is 16.7 Å². The minimum Gasteiger partial charge on any atom is -0.481 e. The molecule has 1 aromatic rings. The highest BCUT2D eigenvalue weighted by Gasteiger charge is 2.54. The van der Waals surface area contributed by atoms with E-state index in [1.807, 2.05) is 6.07 Å². The van der Waals surface area contributed by atoms with Crippen LogP contribution in [-0.4, -0.2) is 11.1 Å². The van der Waals surface area contributed by atoms with Crippen molar-refractivity contribution in [3.63, 3.8) is 0 Å². The maximum absolute atomic E-state index is 11.0. The van der Waals surface area contributed by atoms with Crippen molar-refractivity contribution in [3.8, 4) is 0 Å². The standard InChI is InChI=1S/C12H14O3/c13-12(14)11-8-2-1-3-10-7(4-5-15-10)6-9(8)11/h4-5,8-9,11H,1-3,6H2,(H,13,14)/t8-,9+,11-/m1/s1. The SMILES string of the molecule is O=C(O)[C@@H]1[C@@H]2CCCc3occc3C[C@@H]21. The zero-order valence-electron chi connectivity index (χ0n) is 8.48. The summed E-state index contributed by atoms with van der Waals surface area (Å²) < 4.78 is 5.41. The molecule has 3 rings (SSSR count). The Hall–Kier alpha value is -1.25. The van der Waals surface area contributed by atoms with E-state index in [9.17, 15) is 4.79 Å². The number of aryl methyl sites for hydroxylation is 1. The molecule has 1 N–H and O–H groups in total. The molecule has 3 nitrogen and oxygen atoms in total. The van der Waals surface area contributed by atoms with E-state index in [0.717, 1.165) is 31.4 Å². The van der Waals surface area contributed by atoms with E-state index in [-0.39, 0.29) is 5.92 Å². The van der Waals surface area contributed by atoms with Crippen LogP contribution in [0.25, 0.3) is 0 Å². The predicted molar refractivity (Wildman–Crippen MR) is 53.5 cm³/mol. The van der Waals surface area contributed by atoms with Crippen molar-refractivity contribution >= 4 is 5.97 Å². The van der Waals surface area contributed by atoms with Crippen molar-refractivity contribution in [2.45, 2.75) is 25.7 Å². The number of carboxylic acids is 1. The van der Waals surface area contributed by atoms with Gasteiger partial charge in [-0.25, -0.2) is 0 Å². The number of carbonyl (C=O) groups is 1. The zero-order valence-corrected chi connectivity index (χ0v) is 8.48. The van der Waals surface area contributed by atoms with Crippen LogP contribution in [-0.2, 0) is 17.6 Å². The van der Waals surface area contributed by atoms with Crippen molar-refractivity contribution in [3.05, 3.63) is 23.7 Å². The van der Waals surface area contributed by atoms with Crippen molar-refractivity contribution < 1.29 is 14.3 Å². The molecule has 0 aliphatic heterocycles. The van der Waals surface area contributed by atoms with Gasteiger partial charge in [0, 0.05) is 6.42 Å². The van der Waals surface area contributed by atoms with Gasteiger partial charge in [-0.1, -0.05) is 0 Å². The second kappa shape index (κ2) is 3.12. The minimum absolute atomic E-state index is 0.0918. The van der Waals surface area contributed by atoms with Gasteiger partial charge in [0.15, 0.2) is 0 Å². The van der Waals surface area contributed by atoms with Crippen LogP contribution in [0.4, 0.5) is 0 Å². The lowest BCUT2D eigenvalue weighted by Gasteiger charge is -2.06. The molecule has 0 spiro atoms. The smallest absolute Gasteiger partial charge is 0.307 e. The monoisotopic (exact) mass is 206 g/mol. The molecule has 3 atom stereocenters. The van der Waals surface area contributed by atoms with Gasteiger partial charge < -0.3 is 9.52 Å². The van der Waals surface area contributed by atoms with Gasteiger partial charge in [0.25, 0.3) is 0 Å². The lowest BCUT2D eigenvalue weighted by atomic mass is 10.00. The second-order valence-corrected chi connectivity index (χ2v) is 4.66. The fraction of sp³-hybridized carbons (Fsp3) is 0.583. The summed E-state index contributed by atoms with van der Waals surface area (Å²) in [5.41, 5.74) is 1.23. The average Bonchev–Trinajstić information content (AvgIpc) is 2.62. The van der Waals surface area contributed by atoms with Gasteiger partial charge >= 0.3 is 5.97 Å². The number of rotatable bonds is 1. The molecule has 80 valence electrons. The molecule has 0 saturated heterocycles. The molecule has 0 amide bonds. The third-order valence-corrected chi connectivity index (χ3v) is 3.85. The van der Waals surface area contributed by atoms with Crippen molar-refractivity contribution in [1.82, 2.24) is 0 Å². The highest BCUT2D eigenvalue weighted by atomic mass is 16.4. The van der Waals surface area contributed by atoms with E-state index in [1.165, 1.54) is 5.56 Å². The van der Waals surface area contributed by atoms with Crippen LogP contribution >= 0.6 is 0 Å². The van der Waals surface area contributed by atoms with Crippen LogP contribution in [0.3, 0.4) is 0 Å². The molecule has 1 fully saturated rings. The number of carboxylic acid groups (broad SMARTS) is 1. The summed E-state index contributed by atoms with van der Waals surface area (Å²) in [6.45, 7) is 0. The summed E-state index contributed by atoms with van der Waals surface area (Å²) in [5.74, 6) is 1.15. The summed E-state index contributed by atoms with van der Waals surface area (Å²) in [5, 5.41) is 9.04. The van der Waals surface area contributed by atoms with Gasteiger partial charge in [0.2, 0.25) is 0 Å². The first-order valence-electron chi connectivity index (χ1n) is 5.55. The third-order valence-electron chi connectivity index (χ3n) is 3.85. The quantitative estimate of drug-likeness (QED) is 0.765. The van der Waals surface area contributed by atoms with Crippen LogP contribution in [0.5, 0.6) is 0 Å².